The molecule has 1 aliphatic rings. The van der Waals surface area contributed by atoms with Crippen LogP contribution >= 0.6 is 0 Å². The Kier molecular flexibility index (Phi) is 4.55. The molecule has 1 heterocycles. The molecule has 0 N–H and O–H groups in total. The van der Waals surface area contributed by atoms with E-state index in [-0.39, 0.29) is 12.5 Å². The number of carbonyl (C=O) groups is 2. The topological polar surface area (TPSA) is 46.6 Å². The first-order valence-corrected chi connectivity index (χ1v) is 6.74. The molecule has 0 radical (unpaired) electrons. The van der Waals surface area contributed by atoms with E-state index in [0.29, 0.717) is 5.56 Å². The van der Waals surface area contributed by atoms with Gasteiger partial charge in [0.1, 0.15) is 0 Å². The van der Waals surface area contributed by atoms with Crippen LogP contribution in [-0.4, -0.2) is 36.5 Å². The van der Waals surface area contributed by atoms with Crippen LogP contribution in [0.25, 0.3) is 0 Å². The molecule has 1 saturated heterocycles. The largest absolute Gasteiger partial charge is 0.452 e. The molecule has 4 heteroatoms. The molecule has 0 bridgehead atoms. The Morgan fingerprint density at radius 3 is 2.37 bits per heavy atom. The molecule has 2 rings (SSSR count). The van der Waals surface area contributed by atoms with E-state index in [9.17, 15) is 9.59 Å². The fourth-order valence-electron chi connectivity index (χ4n) is 2.14. The Morgan fingerprint density at radius 2 is 1.79 bits per heavy atom. The van der Waals surface area contributed by atoms with E-state index in [1.807, 2.05) is 12.1 Å². The first-order valence-electron chi connectivity index (χ1n) is 6.74. The second-order valence-corrected chi connectivity index (χ2v) is 4.71. The lowest BCUT2D eigenvalue weighted by Gasteiger charge is -2.14. The zero-order valence-corrected chi connectivity index (χ0v) is 11.2. The monoisotopic (exact) mass is 261 g/mol. The van der Waals surface area contributed by atoms with Gasteiger partial charge in [-0.25, -0.2) is 4.79 Å². The number of rotatable bonds is 4. The summed E-state index contributed by atoms with van der Waals surface area (Å²) in [7, 11) is 0. The predicted octanol–water partition coefficient (Wildman–Crippen LogP) is 2.03. The van der Waals surface area contributed by atoms with Crippen LogP contribution < -0.4 is 0 Å². The molecule has 0 unspecified atom stereocenters. The third-order valence-corrected chi connectivity index (χ3v) is 3.38. The van der Waals surface area contributed by atoms with E-state index in [0.717, 1.165) is 32.4 Å². The number of ether oxygens (including phenoxy) is 1. The van der Waals surface area contributed by atoms with Crippen molar-refractivity contribution in [1.29, 1.82) is 0 Å². The first kappa shape index (κ1) is 13.6. The van der Waals surface area contributed by atoms with Crippen molar-refractivity contribution in [3.05, 3.63) is 35.4 Å². The van der Waals surface area contributed by atoms with Crippen molar-refractivity contribution in [3.8, 4) is 0 Å². The van der Waals surface area contributed by atoms with E-state index in [4.69, 9.17) is 4.74 Å². The van der Waals surface area contributed by atoms with Crippen molar-refractivity contribution in [2.45, 2.75) is 26.2 Å². The zero-order chi connectivity index (χ0) is 13.7. The maximum atomic E-state index is 11.8. The average Bonchev–Trinajstić information content (AvgIpc) is 2.98. The summed E-state index contributed by atoms with van der Waals surface area (Å²) in [6, 6.07) is 7.28. The van der Waals surface area contributed by atoms with E-state index in [2.05, 4.69) is 6.92 Å². The van der Waals surface area contributed by atoms with Gasteiger partial charge in [0.05, 0.1) is 5.56 Å². The third kappa shape index (κ3) is 3.56. The summed E-state index contributed by atoms with van der Waals surface area (Å²) in [5.41, 5.74) is 1.66. The van der Waals surface area contributed by atoms with Gasteiger partial charge in [-0.05, 0) is 37.0 Å². The molecule has 1 fully saturated rings. The van der Waals surface area contributed by atoms with Crippen molar-refractivity contribution >= 4 is 11.9 Å². The van der Waals surface area contributed by atoms with Crippen LogP contribution in [0.3, 0.4) is 0 Å². The van der Waals surface area contributed by atoms with E-state index in [1.54, 1.807) is 17.0 Å². The van der Waals surface area contributed by atoms with Crippen LogP contribution in [0.5, 0.6) is 0 Å². The Hall–Kier alpha value is -1.84. The Bertz CT molecular complexity index is 447. The van der Waals surface area contributed by atoms with E-state index in [1.165, 1.54) is 5.56 Å². The highest BCUT2D eigenvalue weighted by atomic mass is 16.5. The smallest absolute Gasteiger partial charge is 0.338 e. The lowest BCUT2D eigenvalue weighted by molar-refractivity contribution is -0.133. The molecule has 1 aliphatic heterocycles. The second-order valence-electron chi connectivity index (χ2n) is 4.71. The van der Waals surface area contributed by atoms with Gasteiger partial charge in [-0.2, -0.15) is 0 Å². The minimum atomic E-state index is -0.435. The minimum absolute atomic E-state index is 0.101. The fourth-order valence-corrected chi connectivity index (χ4v) is 2.14. The van der Waals surface area contributed by atoms with Gasteiger partial charge in [-0.15, -0.1) is 0 Å². The predicted molar refractivity (Wildman–Crippen MR) is 71.9 cm³/mol. The number of benzene rings is 1. The summed E-state index contributed by atoms with van der Waals surface area (Å²) in [6.07, 6.45) is 3.01. The molecule has 102 valence electrons. The zero-order valence-electron chi connectivity index (χ0n) is 11.2. The number of aryl methyl sites for hydroxylation is 1. The van der Waals surface area contributed by atoms with Gasteiger partial charge in [0, 0.05) is 13.1 Å². The van der Waals surface area contributed by atoms with Gasteiger partial charge in [0.2, 0.25) is 0 Å². The molecule has 19 heavy (non-hydrogen) atoms. The van der Waals surface area contributed by atoms with Crippen molar-refractivity contribution in [2.24, 2.45) is 0 Å². The van der Waals surface area contributed by atoms with Gasteiger partial charge >= 0.3 is 5.97 Å². The molecule has 0 saturated carbocycles. The number of amides is 1. The molecular formula is C15H19NO3. The second kappa shape index (κ2) is 6.36. The quantitative estimate of drug-likeness (QED) is 0.779. The lowest BCUT2D eigenvalue weighted by Crippen LogP contribution is -2.32. The highest BCUT2D eigenvalue weighted by Crippen LogP contribution is 2.09. The molecule has 0 atom stereocenters. The molecule has 1 aromatic rings. The number of carbonyl (C=O) groups excluding carboxylic acids is 2. The highest BCUT2D eigenvalue weighted by Gasteiger charge is 2.19. The summed E-state index contributed by atoms with van der Waals surface area (Å²) < 4.78 is 5.05. The van der Waals surface area contributed by atoms with Gasteiger partial charge in [-0.1, -0.05) is 19.1 Å². The lowest BCUT2D eigenvalue weighted by atomic mass is 10.1. The summed E-state index contributed by atoms with van der Waals surface area (Å²) >= 11 is 0. The number of esters is 1. The molecule has 4 nitrogen and oxygen atoms in total. The maximum Gasteiger partial charge on any atom is 0.338 e. The summed E-state index contributed by atoms with van der Waals surface area (Å²) in [5, 5.41) is 0. The van der Waals surface area contributed by atoms with Crippen LogP contribution in [0.15, 0.2) is 24.3 Å². The maximum absolute atomic E-state index is 11.8. The van der Waals surface area contributed by atoms with Crippen molar-refractivity contribution in [3.63, 3.8) is 0 Å². The van der Waals surface area contributed by atoms with Gasteiger partial charge in [-0.3, -0.25) is 4.79 Å². The standard InChI is InChI=1S/C15H19NO3/c1-2-12-5-7-13(8-6-12)15(18)19-11-14(17)16-9-3-4-10-16/h5-8H,2-4,9-11H2,1H3. The van der Waals surface area contributed by atoms with Crippen LogP contribution in [-0.2, 0) is 16.0 Å². The van der Waals surface area contributed by atoms with Gasteiger partial charge in [0.25, 0.3) is 5.91 Å². The van der Waals surface area contributed by atoms with E-state index < -0.39 is 5.97 Å². The summed E-state index contributed by atoms with van der Waals surface area (Å²) in [6.45, 7) is 3.46. The number of nitrogens with zero attached hydrogens (tertiary/aromatic N) is 1. The molecular weight excluding hydrogens is 242 g/mol. The van der Waals surface area contributed by atoms with Crippen LogP contribution in [0.2, 0.25) is 0 Å². The Labute approximate surface area is 113 Å². The Balaban J connectivity index is 1.84. The fraction of sp³-hybridized carbons (Fsp3) is 0.467. The molecule has 1 amide bonds. The van der Waals surface area contributed by atoms with E-state index >= 15 is 0 Å². The normalized spacial score (nSPS) is 14.5. The first-order chi connectivity index (χ1) is 9.20. The third-order valence-electron chi connectivity index (χ3n) is 3.38. The molecule has 0 aromatic heterocycles. The minimum Gasteiger partial charge on any atom is -0.452 e. The highest BCUT2D eigenvalue weighted by molar-refractivity contribution is 5.91. The van der Waals surface area contributed by atoms with Crippen LogP contribution in [0.4, 0.5) is 0 Å². The van der Waals surface area contributed by atoms with Crippen LogP contribution in [0.1, 0.15) is 35.7 Å². The molecule has 1 aromatic carbocycles. The Morgan fingerprint density at radius 1 is 1.16 bits per heavy atom. The average molecular weight is 261 g/mol. The van der Waals surface area contributed by atoms with Crippen molar-refractivity contribution < 1.29 is 14.3 Å². The number of likely N-dealkylation sites (tertiary alicyclic amines) is 1. The number of hydrogen-bond donors (Lipinski definition) is 0. The van der Waals surface area contributed by atoms with Crippen molar-refractivity contribution in [1.82, 2.24) is 4.90 Å². The van der Waals surface area contributed by atoms with Crippen molar-refractivity contribution in [2.75, 3.05) is 19.7 Å². The summed E-state index contributed by atoms with van der Waals surface area (Å²) in [4.78, 5) is 25.2. The van der Waals surface area contributed by atoms with Gasteiger partial charge in [0.15, 0.2) is 6.61 Å². The van der Waals surface area contributed by atoms with Gasteiger partial charge < -0.3 is 9.64 Å². The SMILES string of the molecule is CCc1ccc(C(=O)OCC(=O)N2CCCC2)cc1. The molecule has 0 aliphatic carbocycles. The number of hydrogen-bond acceptors (Lipinski definition) is 3. The molecule has 0 spiro atoms. The van der Waals surface area contributed by atoms with Crippen LogP contribution in [0, 0.1) is 0 Å². The summed E-state index contributed by atoms with van der Waals surface area (Å²) in [5.74, 6) is -0.536.